The molecule has 3 aromatic rings. The first-order valence-corrected chi connectivity index (χ1v) is 6.44. The number of hydrogen-bond acceptors (Lipinski definition) is 5. The number of carboxylic acids is 1. The van der Waals surface area contributed by atoms with Gasteiger partial charge in [0.05, 0.1) is 12.1 Å². The molecular weight excluding hydrogens is 264 g/mol. The third-order valence-electron chi connectivity index (χ3n) is 2.74. The minimum absolute atomic E-state index is 0.00374. The van der Waals surface area contributed by atoms with E-state index in [-0.39, 0.29) is 6.42 Å². The number of aliphatic carboxylic acids is 1. The van der Waals surface area contributed by atoms with E-state index in [0.717, 1.165) is 16.1 Å². The van der Waals surface area contributed by atoms with Gasteiger partial charge in [0.2, 0.25) is 4.96 Å². The molecule has 19 heavy (non-hydrogen) atoms. The second-order valence-electron chi connectivity index (χ2n) is 4.05. The fraction of sp³-hybridized carbons (Fsp3) is 0.167. The Labute approximate surface area is 112 Å². The summed E-state index contributed by atoms with van der Waals surface area (Å²) in [5, 5.41) is 13.2. The number of thiazole rings is 1. The summed E-state index contributed by atoms with van der Waals surface area (Å²) in [6, 6.07) is 3.72. The van der Waals surface area contributed by atoms with E-state index in [1.165, 1.54) is 11.3 Å². The van der Waals surface area contributed by atoms with Crippen LogP contribution in [-0.2, 0) is 11.2 Å². The molecule has 1 N–H and O–H groups in total. The quantitative estimate of drug-likeness (QED) is 0.787. The van der Waals surface area contributed by atoms with Crippen molar-refractivity contribution in [2.45, 2.75) is 13.3 Å². The van der Waals surface area contributed by atoms with Crippen molar-refractivity contribution in [3.8, 4) is 11.4 Å². The van der Waals surface area contributed by atoms with Gasteiger partial charge in [-0.05, 0) is 19.1 Å². The van der Waals surface area contributed by atoms with Crippen LogP contribution < -0.4 is 0 Å². The standard InChI is InChI=1S/C12H10N4O2S/c1-7-9(5-10(17)18)19-12-14-11(15-16(7)12)8-3-2-4-13-6-8/h2-4,6H,5H2,1H3,(H,17,18). The van der Waals surface area contributed by atoms with Crippen molar-refractivity contribution in [2.24, 2.45) is 0 Å². The van der Waals surface area contributed by atoms with Crippen molar-refractivity contribution in [1.82, 2.24) is 19.6 Å². The van der Waals surface area contributed by atoms with Crippen LogP contribution in [0.4, 0.5) is 0 Å². The molecule has 0 unspecified atom stereocenters. The Morgan fingerprint density at radius 1 is 1.53 bits per heavy atom. The fourth-order valence-electron chi connectivity index (χ4n) is 1.80. The van der Waals surface area contributed by atoms with Gasteiger partial charge in [0.15, 0.2) is 5.82 Å². The summed E-state index contributed by atoms with van der Waals surface area (Å²) in [6.45, 7) is 1.85. The van der Waals surface area contributed by atoms with Crippen molar-refractivity contribution in [3.05, 3.63) is 35.1 Å². The minimum atomic E-state index is -0.847. The van der Waals surface area contributed by atoms with Gasteiger partial charge < -0.3 is 5.11 Å². The molecular formula is C12H10N4O2S. The number of carbonyl (C=O) groups is 1. The van der Waals surface area contributed by atoms with Crippen molar-refractivity contribution in [1.29, 1.82) is 0 Å². The van der Waals surface area contributed by atoms with Gasteiger partial charge in [0.25, 0.3) is 0 Å². The van der Waals surface area contributed by atoms with Crippen molar-refractivity contribution in [2.75, 3.05) is 0 Å². The highest BCUT2D eigenvalue weighted by Gasteiger charge is 2.15. The van der Waals surface area contributed by atoms with E-state index >= 15 is 0 Å². The zero-order valence-corrected chi connectivity index (χ0v) is 10.9. The molecule has 96 valence electrons. The molecule has 6 nitrogen and oxygen atoms in total. The molecule has 7 heteroatoms. The molecule has 0 aliphatic heterocycles. The van der Waals surface area contributed by atoms with Crippen LogP contribution in [0.15, 0.2) is 24.5 Å². The molecule has 0 radical (unpaired) electrons. The van der Waals surface area contributed by atoms with E-state index < -0.39 is 5.97 Å². The lowest BCUT2D eigenvalue weighted by molar-refractivity contribution is -0.136. The number of aromatic nitrogens is 4. The number of nitrogens with zero attached hydrogens (tertiary/aromatic N) is 4. The second kappa shape index (κ2) is 4.43. The van der Waals surface area contributed by atoms with E-state index in [1.54, 1.807) is 16.9 Å². The summed E-state index contributed by atoms with van der Waals surface area (Å²) in [5.74, 6) is -0.246. The lowest BCUT2D eigenvalue weighted by Gasteiger charge is -1.94. The van der Waals surface area contributed by atoms with Crippen molar-refractivity contribution >= 4 is 22.3 Å². The molecule has 0 saturated carbocycles. The van der Waals surface area contributed by atoms with E-state index in [4.69, 9.17) is 5.11 Å². The third kappa shape index (κ3) is 2.08. The van der Waals surface area contributed by atoms with Gasteiger partial charge in [-0.2, -0.15) is 4.98 Å². The highest BCUT2D eigenvalue weighted by molar-refractivity contribution is 7.17. The van der Waals surface area contributed by atoms with Crippen LogP contribution >= 0.6 is 11.3 Å². The van der Waals surface area contributed by atoms with Crippen LogP contribution in [0.25, 0.3) is 16.3 Å². The van der Waals surface area contributed by atoms with E-state index in [2.05, 4.69) is 15.1 Å². The van der Waals surface area contributed by atoms with Crippen LogP contribution in [0.2, 0.25) is 0 Å². The molecule has 0 saturated heterocycles. The zero-order chi connectivity index (χ0) is 13.4. The molecule has 0 bridgehead atoms. The molecule has 0 fully saturated rings. The number of aryl methyl sites for hydroxylation is 1. The van der Waals surface area contributed by atoms with Gasteiger partial charge in [-0.15, -0.1) is 5.10 Å². The first-order valence-electron chi connectivity index (χ1n) is 5.62. The predicted octanol–water partition coefficient (Wildman–Crippen LogP) is 1.79. The van der Waals surface area contributed by atoms with Gasteiger partial charge in [-0.3, -0.25) is 9.78 Å². The van der Waals surface area contributed by atoms with Gasteiger partial charge in [0.1, 0.15) is 0 Å². The molecule has 0 aliphatic rings. The monoisotopic (exact) mass is 274 g/mol. The molecule has 3 aromatic heterocycles. The minimum Gasteiger partial charge on any atom is -0.481 e. The molecule has 0 spiro atoms. The average molecular weight is 274 g/mol. The lowest BCUT2D eigenvalue weighted by atomic mass is 10.3. The SMILES string of the molecule is Cc1c(CC(=O)O)sc2nc(-c3cccnc3)nn12. The second-order valence-corrected chi connectivity index (χ2v) is 5.11. The summed E-state index contributed by atoms with van der Waals surface area (Å²) in [7, 11) is 0. The van der Waals surface area contributed by atoms with Crippen molar-refractivity contribution < 1.29 is 9.90 Å². The maximum Gasteiger partial charge on any atom is 0.308 e. The number of rotatable bonds is 3. The van der Waals surface area contributed by atoms with E-state index in [0.29, 0.717) is 10.8 Å². The third-order valence-corrected chi connectivity index (χ3v) is 3.88. The number of carboxylic acid groups (broad SMARTS) is 1. The summed E-state index contributed by atoms with van der Waals surface area (Å²) in [6.07, 6.45) is 3.40. The predicted molar refractivity (Wildman–Crippen MR) is 70.2 cm³/mol. The maximum atomic E-state index is 10.8. The van der Waals surface area contributed by atoms with Crippen LogP contribution in [0, 0.1) is 6.92 Å². The summed E-state index contributed by atoms with van der Waals surface area (Å²) in [4.78, 5) is 20.7. The Hall–Kier alpha value is -2.28. The Balaban J connectivity index is 2.06. The Morgan fingerprint density at radius 3 is 3.00 bits per heavy atom. The summed E-state index contributed by atoms with van der Waals surface area (Å²) in [5.41, 5.74) is 1.67. The molecule has 3 heterocycles. The lowest BCUT2D eigenvalue weighted by Crippen LogP contribution is -2.00. The summed E-state index contributed by atoms with van der Waals surface area (Å²) < 4.78 is 1.69. The fourth-order valence-corrected chi connectivity index (χ4v) is 2.85. The normalized spacial score (nSPS) is 11.0. The highest BCUT2D eigenvalue weighted by Crippen LogP contribution is 2.24. The number of pyridine rings is 1. The Morgan fingerprint density at radius 2 is 2.37 bits per heavy atom. The van der Waals surface area contributed by atoms with Crippen LogP contribution in [0.1, 0.15) is 10.6 Å². The summed E-state index contributed by atoms with van der Waals surface area (Å²) >= 11 is 1.36. The van der Waals surface area contributed by atoms with Gasteiger partial charge in [0, 0.05) is 22.8 Å². The van der Waals surface area contributed by atoms with Crippen LogP contribution in [0.5, 0.6) is 0 Å². The Bertz CT molecular complexity index is 748. The molecule has 0 aromatic carbocycles. The number of fused-ring (bicyclic) bond motifs is 1. The van der Waals surface area contributed by atoms with Gasteiger partial charge in [-0.25, -0.2) is 4.52 Å². The Kier molecular flexibility index (Phi) is 2.75. The maximum absolute atomic E-state index is 10.8. The molecule has 0 aliphatic carbocycles. The topological polar surface area (TPSA) is 80.4 Å². The highest BCUT2D eigenvalue weighted by atomic mass is 32.1. The average Bonchev–Trinajstić information content (AvgIpc) is 2.92. The first-order chi connectivity index (χ1) is 9.15. The molecule has 3 rings (SSSR count). The largest absolute Gasteiger partial charge is 0.481 e. The molecule has 0 amide bonds. The van der Waals surface area contributed by atoms with E-state index in [9.17, 15) is 4.79 Å². The molecule has 0 atom stereocenters. The van der Waals surface area contributed by atoms with Crippen molar-refractivity contribution in [3.63, 3.8) is 0 Å². The first kappa shape index (κ1) is 11.8. The van der Waals surface area contributed by atoms with Gasteiger partial charge >= 0.3 is 5.97 Å². The zero-order valence-electron chi connectivity index (χ0n) is 10.1. The van der Waals surface area contributed by atoms with Gasteiger partial charge in [-0.1, -0.05) is 11.3 Å². The smallest absolute Gasteiger partial charge is 0.308 e. The van der Waals surface area contributed by atoms with Crippen LogP contribution in [-0.4, -0.2) is 30.7 Å². The van der Waals surface area contributed by atoms with E-state index in [1.807, 2.05) is 19.1 Å². The number of hydrogen-bond donors (Lipinski definition) is 1. The van der Waals surface area contributed by atoms with Crippen LogP contribution in [0.3, 0.4) is 0 Å².